The zero-order valence-electron chi connectivity index (χ0n) is 12.8. The highest BCUT2D eigenvalue weighted by molar-refractivity contribution is 9.10. The van der Waals surface area contributed by atoms with Crippen molar-refractivity contribution in [2.75, 3.05) is 5.43 Å². The van der Waals surface area contributed by atoms with Crippen molar-refractivity contribution in [2.45, 2.75) is 9.99 Å². The van der Waals surface area contributed by atoms with Crippen LogP contribution in [0.3, 0.4) is 0 Å². The normalized spacial score (nSPS) is 10.9. The van der Waals surface area contributed by atoms with Crippen LogP contribution in [0, 0.1) is 10.1 Å². The van der Waals surface area contributed by atoms with Crippen molar-refractivity contribution in [3.8, 4) is 0 Å². The van der Waals surface area contributed by atoms with E-state index in [1.54, 1.807) is 18.3 Å². The second-order valence-electron chi connectivity index (χ2n) is 4.87. The van der Waals surface area contributed by atoms with Gasteiger partial charge in [0, 0.05) is 23.1 Å². The molecule has 0 aliphatic heterocycles. The topological polar surface area (TPSA) is 80.7 Å². The SMILES string of the molecule is O=[N+]([O-])c1ccc(N/N=C/c2cc(Br)c(Sc3ccccc3)o2)cc1. The minimum Gasteiger partial charge on any atom is -0.447 e. The lowest BCUT2D eigenvalue weighted by Gasteiger charge is -1.98. The average molecular weight is 418 g/mol. The number of rotatable bonds is 6. The minimum atomic E-state index is -0.445. The predicted octanol–water partition coefficient (Wildman–Crippen LogP) is 5.55. The number of benzene rings is 2. The molecule has 126 valence electrons. The van der Waals surface area contributed by atoms with Crippen molar-refractivity contribution in [3.63, 3.8) is 0 Å². The molecule has 0 aliphatic rings. The molecule has 0 atom stereocenters. The summed E-state index contributed by atoms with van der Waals surface area (Å²) >= 11 is 4.98. The number of hydrogen-bond donors (Lipinski definition) is 1. The number of hydrogen-bond acceptors (Lipinski definition) is 6. The highest BCUT2D eigenvalue weighted by Gasteiger charge is 2.09. The van der Waals surface area contributed by atoms with Gasteiger partial charge in [-0.15, -0.1) is 0 Å². The molecule has 1 heterocycles. The molecule has 2 aromatic carbocycles. The van der Waals surface area contributed by atoms with Crippen LogP contribution >= 0.6 is 27.7 Å². The summed E-state index contributed by atoms with van der Waals surface area (Å²) in [5, 5.41) is 15.4. The summed E-state index contributed by atoms with van der Waals surface area (Å²) in [4.78, 5) is 11.2. The van der Waals surface area contributed by atoms with E-state index in [0.29, 0.717) is 11.4 Å². The summed E-state index contributed by atoms with van der Waals surface area (Å²) in [6.45, 7) is 0. The quantitative estimate of drug-likeness (QED) is 0.323. The molecule has 3 aromatic rings. The van der Waals surface area contributed by atoms with Gasteiger partial charge >= 0.3 is 0 Å². The van der Waals surface area contributed by atoms with E-state index >= 15 is 0 Å². The maximum atomic E-state index is 10.6. The van der Waals surface area contributed by atoms with Gasteiger partial charge in [-0.3, -0.25) is 15.5 Å². The lowest BCUT2D eigenvalue weighted by molar-refractivity contribution is -0.384. The third-order valence-corrected chi connectivity index (χ3v) is 4.94. The Kier molecular flexibility index (Phi) is 5.52. The minimum absolute atomic E-state index is 0.0343. The fourth-order valence-electron chi connectivity index (χ4n) is 1.93. The number of nitrogens with one attached hydrogen (secondary N) is 1. The van der Waals surface area contributed by atoms with Gasteiger partial charge in [0.1, 0.15) is 5.76 Å². The molecule has 3 rings (SSSR count). The van der Waals surface area contributed by atoms with E-state index in [-0.39, 0.29) is 5.69 Å². The Hall–Kier alpha value is -2.58. The van der Waals surface area contributed by atoms with Gasteiger partial charge in [-0.05, 0) is 40.2 Å². The molecule has 0 amide bonds. The van der Waals surface area contributed by atoms with Gasteiger partial charge in [-0.25, -0.2) is 0 Å². The molecule has 25 heavy (non-hydrogen) atoms. The van der Waals surface area contributed by atoms with Crippen LogP contribution in [-0.2, 0) is 0 Å². The van der Waals surface area contributed by atoms with Crippen LogP contribution in [0.15, 0.2) is 84.6 Å². The molecule has 1 aromatic heterocycles. The first-order valence-electron chi connectivity index (χ1n) is 7.17. The van der Waals surface area contributed by atoms with Crippen LogP contribution in [0.5, 0.6) is 0 Å². The molecule has 0 fully saturated rings. The molecule has 0 saturated carbocycles. The first kappa shape index (κ1) is 17.2. The largest absolute Gasteiger partial charge is 0.447 e. The number of anilines is 1. The number of hydrazone groups is 1. The van der Waals surface area contributed by atoms with Crippen molar-refractivity contribution in [1.29, 1.82) is 0 Å². The Bertz CT molecular complexity index is 895. The molecule has 0 spiro atoms. The average Bonchev–Trinajstić information content (AvgIpc) is 2.96. The molecule has 0 saturated heterocycles. The van der Waals surface area contributed by atoms with Gasteiger partial charge in [0.05, 0.1) is 21.3 Å². The van der Waals surface area contributed by atoms with E-state index in [9.17, 15) is 10.1 Å². The molecule has 0 unspecified atom stereocenters. The number of nitrogens with zero attached hydrogens (tertiary/aromatic N) is 2. The molecule has 0 bridgehead atoms. The zero-order valence-corrected chi connectivity index (χ0v) is 15.2. The molecule has 0 radical (unpaired) electrons. The Morgan fingerprint density at radius 1 is 1.16 bits per heavy atom. The fraction of sp³-hybridized carbons (Fsp3) is 0. The van der Waals surface area contributed by atoms with Crippen molar-refractivity contribution >= 4 is 45.3 Å². The zero-order chi connectivity index (χ0) is 17.6. The second kappa shape index (κ2) is 8.00. The number of non-ortho nitro benzene ring substituents is 1. The number of nitro groups is 1. The van der Waals surface area contributed by atoms with Crippen molar-refractivity contribution in [1.82, 2.24) is 0 Å². The van der Waals surface area contributed by atoms with Gasteiger partial charge in [-0.2, -0.15) is 5.10 Å². The number of furan rings is 1. The van der Waals surface area contributed by atoms with E-state index < -0.39 is 4.92 Å². The monoisotopic (exact) mass is 417 g/mol. The summed E-state index contributed by atoms with van der Waals surface area (Å²) in [7, 11) is 0. The van der Waals surface area contributed by atoms with E-state index in [0.717, 1.165) is 14.5 Å². The molecule has 1 N–H and O–H groups in total. The van der Waals surface area contributed by atoms with Gasteiger partial charge < -0.3 is 4.42 Å². The Labute approximate surface area is 156 Å². The van der Waals surface area contributed by atoms with Crippen LogP contribution in [-0.4, -0.2) is 11.1 Å². The van der Waals surface area contributed by atoms with Gasteiger partial charge in [0.2, 0.25) is 0 Å². The third kappa shape index (κ3) is 4.71. The maximum Gasteiger partial charge on any atom is 0.269 e. The van der Waals surface area contributed by atoms with Crippen LogP contribution in [0.25, 0.3) is 0 Å². The van der Waals surface area contributed by atoms with Gasteiger partial charge in [0.15, 0.2) is 5.09 Å². The van der Waals surface area contributed by atoms with Gasteiger partial charge in [0.25, 0.3) is 5.69 Å². The van der Waals surface area contributed by atoms with Crippen molar-refractivity contribution in [2.24, 2.45) is 5.10 Å². The predicted molar refractivity (Wildman–Crippen MR) is 101 cm³/mol. The Balaban J connectivity index is 1.64. The highest BCUT2D eigenvalue weighted by atomic mass is 79.9. The maximum absolute atomic E-state index is 10.6. The van der Waals surface area contributed by atoms with E-state index in [4.69, 9.17) is 4.42 Å². The lowest BCUT2D eigenvalue weighted by atomic mass is 10.3. The number of nitro benzene ring substituents is 1. The smallest absolute Gasteiger partial charge is 0.269 e. The summed E-state index contributed by atoms with van der Waals surface area (Å²) in [5.41, 5.74) is 3.48. The Morgan fingerprint density at radius 2 is 1.88 bits per heavy atom. The molecule has 0 aliphatic carbocycles. The molecule has 6 nitrogen and oxygen atoms in total. The van der Waals surface area contributed by atoms with Crippen LogP contribution in [0.1, 0.15) is 5.76 Å². The van der Waals surface area contributed by atoms with E-state index in [2.05, 4.69) is 26.5 Å². The summed E-state index contributed by atoms with van der Waals surface area (Å²) in [6.07, 6.45) is 1.54. The fourth-order valence-corrected chi connectivity index (χ4v) is 3.28. The first-order chi connectivity index (χ1) is 12.1. The molecule has 8 heteroatoms. The summed E-state index contributed by atoms with van der Waals surface area (Å²) in [6, 6.07) is 17.7. The lowest BCUT2D eigenvalue weighted by Crippen LogP contribution is -1.91. The standard InChI is InChI=1S/C17H12BrN3O3S/c18-16-10-14(24-17(16)25-15-4-2-1-3-5-15)11-19-20-12-6-8-13(9-7-12)21(22)23/h1-11,20H/b19-11+. The first-order valence-corrected chi connectivity index (χ1v) is 8.78. The van der Waals surface area contributed by atoms with Crippen molar-refractivity contribution < 1.29 is 9.34 Å². The van der Waals surface area contributed by atoms with E-state index in [1.807, 2.05) is 36.4 Å². The molecular weight excluding hydrogens is 406 g/mol. The van der Waals surface area contributed by atoms with Crippen LogP contribution < -0.4 is 5.43 Å². The summed E-state index contributed by atoms with van der Waals surface area (Å²) < 4.78 is 6.59. The van der Waals surface area contributed by atoms with Crippen LogP contribution in [0.2, 0.25) is 0 Å². The second-order valence-corrected chi connectivity index (χ2v) is 6.77. The van der Waals surface area contributed by atoms with Gasteiger partial charge in [-0.1, -0.05) is 30.0 Å². The summed E-state index contributed by atoms with van der Waals surface area (Å²) in [5.74, 6) is 0.583. The van der Waals surface area contributed by atoms with Crippen LogP contribution in [0.4, 0.5) is 11.4 Å². The van der Waals surface area contributed by atoms with Crippen molar-refractivity contribution in [3.05, 3.63) is 81.0 Å². The highest BCUT2D eigenvalue weighted by Crippen LogP contribution is 2.35. The Morgan fingerprint density at radius 3 is 2.56 bits per heavy atom. The number of halogens is 1. The van der Waals surface area contributed by atoms with E-state index in [1.165, 1.54) is 23.9 Å². The third-order valence-electron chi connectivity index (χ3n) is 3.09. The molecular formula is C17H12BrN3O3S.